The lowest BCUT2D eigenvalue weighted by molar-refractivity contribution is 0.204. The molecule has 4 N–H and O–H groups in total. The fraction of sp³-hybridized carbons (Fsp3) is 0.280. The number of piperidine rings is 1. The van der Waals surface area contributed by atoms with Crippen molar-refractivity contribution in [2.75, 3.05) is 18.8 Å². The monoisotopic (exact) mass is 487 g/mol. The molecule has 4 rings (SSSR count). The second kappa shape index (κ2) is 9.81. The van der Waals surface area contributed by atoms with E-state index in [0.29, 0.717) is 12.5 Å². The molecule has 1 saturated heterocycles. The van der Waals surface area contributed by atoms with E-state index >= 15 is 0 Å². The zero-order valence-electron chi connectivity index (χ0n) is 18.2. The zero-order valence-corrected chi connectivity index (χ0v) is 19.7. The Morgan fingerprint density at radius 2 is 1.64 bits per heavy atom. The Morgan fingerprint density at radius 3 is 2.27 bits per heavy atom. The minimum atomic E-state index is -3.76. The highest BCUT2D eigenvalue weighted by Gasteiger charge is 2.23. The van der Waals surface area contributed by atoms with Gasteiger partial charge in [0.2, 0.25) is 9.84 Å². The molecule has 1 aliphatic heterocycles. The topological polar surface area (TPSA) is 89.4 Å². The first-order valence-electron chi connectivity index (χ1n) is 10.9. The van der Waals surface area contributed by atoms with Gasteiger partial charge in [-0.15, -0.1) is 0 Å². The molecule has 1 fully saturated rings. The average molecular weight is 488 g/mol. The van der Waals surface area contributed by atoms with Crippen LogP contribution in [-0.4, -0.2) is 26.4 Å². The third-order valence-electron chi connectivity index (χ3n) is 6.26. The number of likely N-dealkylation sites (tertiary alicyclic amines) is 1. The number of rotatable bonds is 6. The van der Waals surface area contributed by atoms with Crippen LogP contribution in [-0.2, 0) is 22.9 Å². The van der Waals surface area contributed by atoms with Gasteiger partial charge in [0.05, 0.1) is 14.8 Å². The van der Waals surface area contributed by atoms with Gasteiger partial charge in [-0.1, -0.05) is 29.8 Å². The molecule has 0 unspecified atom stereocenters. The summed E-state index contributed by atoms with van der Waals surface area (Å²) in [6, 6.07) is 16.2. The van der Waals surface area contributed by atoms with E-state index in [-0.39, 0.29) is 14.8 Å². The van der Waals surface area contributed by atoms with Crippen LogP contribution in [0.4, 0.5) is 10.1 Å². The Morgan fingerprint density at radius 1 is 0.970 bits per heavy atom. The molecule has 3 aromatic carbocycles. The number of halogens is 2. The maximum absolute atomic E-state index is 13.4. The van der Waals surface area contributed by atoms with Crippen molar-refractivity contribution < 1.29 is 12.8 Å². The number of nitrogens with zero attached hydrogens (tertiary/aromatic N) is 1. The molecule has 174 valence electrons. The lowest BCUT2D eigenvalue weighted by atomic mass is 9.86. The van der Waals surface area contributed by atoms with Crippen LogP contribution in [0.25, 0.3) is 0 Å². The molecule has 0 aliphatic carbocycles. The van der Waals surface area contributed by atoms with Gasteiger partial charge in [-0.3, -0.25) is 4.90 Å². The van der Waals surface area contributed by atoms with Crippen molar-refractivity contribution >= 4 is 27.1 Å². The van der Waals surface area contributed by atoms with Crippen molar-refractivity contribution in [2.45, 2.75) is 41.6 Å². The van der Waals surface area contributed by atoms with Gasteiger partial charge < -0.3 is 11.5 Å². The quantitative estimate of drug-likeness (QED) is 0.387. The first-order valence-corrected chi connectivity index (χ1v) is 12.7. The predicted molar refractivity (Wildman–Crippen MR) is 129 cm³/mol. The summed E-state index contributed by atoms with van der Waals surface area (Å²) in [5.74, 6) is -0.205. The van der Waals surface area contributed by atoms with Gasteiger partial charge in [0, 0.05) is 18.8 Å². The number of sulfone groups is 1. The molecule has 8 heteroatoms. The van der Waals surface area contributed by atoms with Crippen molar-refractivity contribution in [3.05, 3.63) is 88.2 Å². The minimum absolute atomic E-state index is 0.0258. The zero-order chi connectivity index (χ0) is 23.6. The van der Waals surface area contributed by atoms with Gasteiger partial charge in [-0.25, -0.2) is 12.8 Å². The fourth-order valence-electron chi connectivity index (χ4n) is 4.39. The maximum Gasteiger partial charge on any atom is 0.206 e. The Kier molecular flexibility index (Phi) is 7.05. The number of nitrogens with two attached hydrogens (primary N) is 2. The van der Waals surface area contributed by atoms with Gasteiger partial charge in [0.15, 0.2) is 0 Å². The van der Waals surface area contributed by atoms with E-state index in [1.165, 1.54) is 11.6 Å². The van der Waals surface area contributed by atoms with Crippen LogP contribution in [0, 0.1) is 5.82 Å². The van der Waals surface area contributed by atoms with Gasteiger partial charge in [0.1, 0.15) is 5.82 Å². The minimum Gasteiger partial charge on any atom is -0.399 e. The third-order valence-corrected chi connectivity index (χ3v) is 8.32. The van der Waals surface area contributed by atoms with E-state index in [2.05, 4.69) is 11.0 Å². The summed E-state index contributed by atoms with van der Waals surface area (Å²) in [4.78, 5) is 2.50. The van der Waals surface area contributed by atoms with Crippen molar-refractivity contribution in [1.29, 1.82) is 0 Å². The number of benzene rings is 3. The summed E-state index contributed by atoms with van der Waals surface area (Å²) >= 11 is 5.76. The maximum atomic E-state index is 13.4. The third kappa shape index (κ3) is 5.22. The Hall–Kier alpha value is -2.45. The fourth-order valence-corrected chi connectivity index (χ4v) is 5.93. The van der Waals surface area contributed by atoms with E-state index in [1.54, 1.807) is 12.1 Å². The molecule has 0 saturated carbocycles. The summed E-state index contributed by atoms with van der Waals surface area (Å²) in [7, 11) is -3.76. The molecule has 1 aliphatic rings. The molecule has 0 radical (unpaired) electrons. The highest BCUT2D eigenvalue weighted by Crippen LogP contribution is 2.32. The smallest absolute Gasteiger partial charge is 0.206 e. The van der Waals surface area contributed by atoms with Crippen LogP contribution in [0.2, 0.25) is 5.02 Å². The first-order chi connectivity index (χ1) is 15.8. The van der Waals surface area contributed by atoms with Crippen LogP contribution in [0.1, 0.15) is 35.4 Å². The molecule has 1 heterocycles. The second-order valence-corrected chi connectivity index (χ2v) is 10.8. The van der Waals surface area contributed by atoms with Gasteiger partial charge >= 0.3 is 0 Å². The Balaban J connectivity index is 1.40. The van der Waals surface area contributed by atoms with E-state index < -0.39 is 15.7 Å². The second-order valence-electron chi connectivity index (χ2n) is 8.44. The van der Waals surface area contributed by atoms with Crippen molar-refractivity contribution in [2.24, 2.45) is 5.73 Å². The van der Waals surface area contributed by atoms with Crippen LogP contribution in [0.3, 0.4) is 0 Å². The number of anilines is 1. The molecule has 0 aromatic heterocycles. The van der Waals surface area contributed by atoms with E-state index in [4.69, 9.17) is 23.1 Å². The van der Waals surface area contributed by atoms with Crippen LogP contribution >= 0.6 is 11.6 Å². The number of hydrogen-bond donors (Lipinski definition) is 2. The summed E-state index contributed by atoms with van der Waals surface area (Å²) in [6.45, 7) is 3.14. The SMILES string of the molecule is NCc1ccc(N)cc1C1CCN(Cc2ccc(S(=O)(=O)c3ccc(F)c(Cl)c3)cc2)CC1. The summed E-state index contributed by atoms with van der Waals surface area (Å²) < 4.78 is 39.1. The molecule has 0 amide bonds. The van der Waals surface area contributed by atoms with Crippen molar-refractivity contribution in [3.8, 4) is 0 Å². The molecule has 5 nitrogen and oxygen atoms in total. The molecular weight excluding hydrogens is 461 g/mol. The molecule has 3 aromatic rings. The number of hydrogen-bond acceptors (Lipinski definition) is 5. The van der Waals surface area contributed by atoms with E-state index in [1.807, 2.05) is 24.3 Å². The van der Waals surface area contributed by atoms with Crippen LogP contribution in [0.5, 0.6) is 0 Å². The standard InChI is InChI=1S/C25H27ClFN3O2S/c26-24-14-22(7-8-25(24)27)33(31,32)21-5-1-17(2-6-21)16-30-11-9-18(10-12-30)23-13-20(29)4-3-19(23)15-28/h1-8,13-14,18H,9-12,15-16,28-29H2. The number of nitrogen functional groups attached to an aromatic ring is 1. The summed E-state index contributed by atoms with van der Waals surface area (Å²) in [5.41, 5.74) is 16.1. The van der Waals surface area contributed by atoms with E-state index in [0.717, 1.165) is 61.4 Å². The van der Waals surface area contributed by atoms with Crippen LogP contribution in [0.15, 0.2) is 70.5 Å². The molecule has 0 bridgehead atoms. The lowest BCUT2D eigenvalue weighted by Crippen LogP contribution is -2.32. The predicted octanol–water partition coefficient (Wildman–Crippen LogP) is 4.73. The van der Waals surface area contributed by atoms with Crippen molar-refractivity contribution in [1.82, 2.24) is 4.90 Å². The van der Waals surface area contributed by atoms with Gasteiger partial charge in [-0.2, -0.15) is 0 Å². The summed E-state index contributed by atoms with van der Waals surface area (Å²) in [5, 5.41) is -0.215. The summed E-state index contributed by atoms with van der Waals surface area (Å²) in [6.07, 6.45) is 2.04. The normalized spacial score (nSPS) is 15.6. The molecular formula is C25H27ClFN3O2S. The highest BCUT2D eigenvalue weighted by atomic mass is 35.5. The average Bonchev–Trinajstić information content (AvgIpc) is 2.81. The lowest BCUT2D eigenvalue weighted by Gasteiger charge is -2.33. The Labute approximate surface area is 199 Å². The van der Waals surface area contributed by atoms with E-state index in [9.17, 15) is 12.8 Å². The first kappa shape index (κ1) is 23.7. The largest absolute Gasteiger partial charge is 0.399 e. The Bertz CT molecular complexity index is 1240. The van der Waals surface area contributed by atoms with Crippen LogP contribution < -0.4 is 11.5 Å². The highest BCUT2D eigenvalue weighted by molar-refractivity contribution is 7.91. The molecule has 33 heavy (non-hydrogen) atoms. The van der Waals surface area contributed by atoms with Gasteiger partial charge in [0.25, 0.3) is 0 Å². The molecule has 0 spiro atoms. The van der Waals surface area contributed by atoms with Gasteiger partial charge in [-0.05, 0) is 91.0 Å². The van der Waals surface area contributed by atoms with Crippen molar-refractivity contribution in [3.63, 3.8) is 0 Å². The molecule has 0 atom stereocenters.